The molecule has 102 valence electrons. The van der Waals surface area contributed by atoms with Crippen LogP contribution in [0.2, 0.25) is 0 Å². The van der Waals surface area contributed by atoms with E-state index in [1.807, 2.05) is 18.2 Å². The van der Waals surface area contributed by atoms with Crippen LogP contribution in [0.15, 0.2) is 29.2 Å². The van der Waals surface area contributed by atoms with Crippen LogP contribution in [0, 0.1) is 11.3 Å². The SMILES string of the molecule is CC(NC(=O)c1ccccc1SCC#N)c1nn[nH]n1. The molecule has 0 aliphatic rings. The number of carbonyl (C=O) groups excluding carboxylic acids is 1. The van der Waals surface area contributed by atoms with Crippen LogP contribution in [0.25, 0.3) is 0 Å². The van der Waals surface area contributed by atoms with Gasteiger partial charge < -0.3 is 5.32 Å². The lowest BCUT2D eigenvalue weighted by Crippen LogP contribution is -2.27. The van der Waals surface area contributed by atoms with Gasteiger partial charge in [0.2, 0.25) is 0 Å². The van der Waals surface area contributed by atoms with Gasteiger partial charge in [-0.15, -0.1) is 22.0 Å². The zero-order valence-electron chi connectivity index (χ0n) is 10.7. The number of hydrogen-bond acceptors (Lipinski definition) is 6. The summed E-state index contributed by atoms with van der Waals surface area (Å²) < 4.78 is 0. The van der Waals surface area contributed by atoms with Crippen molar-refractivity contribution in [3.8, 4) is 6.07 Å². The number of carbonyl (C=O) groups is 1. The van der Waals surface area contributed by atoms with Gasteiger partial charge in [0.05, 0.1) is 23.4 Å². The summed E-state index contributed by atoms with van der Waals surface area (Å²) >= 11 is 1.33. The van der Waals surface area contributed by atoms with Crippen LogP contribution in [-0.2, 0) is 0 Å². The predicted molar refractivity (Wildman–Crippen MR) is 72.8 cm³/mol. The lowest BCUT2D eigenvalue weighted by Gasteiger charge is -2.12. The summed E-state index contributed by atoms with van der Waals surface area (Å²) in [5, 5.41) is 24.9. The molecule has 1 heterocycles. The zero-order valence-corrected chi connectivity index (χ0v) is 11.5. The molecule has 0 aliphatic carbocycles. The minimum absolute atomic E-state index is 0.233. The fourth-order valence-corrected chi connectivity index (χ4v) is 2.29. The van der Waals surface area contributed by atoms with Gasteiger partial charge in [0.1, 0.15) is 0 Å². The molecule has 1 aromatic heterocycles. The first-order chi connectivity index (χ1) is 9.72. The highest BCUT2D eigenvalue weighted by molar-refractivity contribution is 7.99. The molecule has 0 fully saturated rings. The molecule has 8 heteroatoms. The number of nitrogens with one attached hydrogen (secondary N) is 2. The van der Waals surface area contributed by atoms with E-state index >= 15 is 0 Å². The van der Waals surface area contributed by atoms with E-state index in [1.54, 1.807) is 19.1 Å². The predicted octanol–water partition coefficient (Wildman–Crippen LogP) is 1.31. The van der Waals surface area contributed by atoms with Crippen molar-refractivity contribution in [3.63, 3.8) is 0 Å². The molecule has 0 aliphatic heterocycles. The number of tetrazole rings is 1. The molecule has 2 N–H and O–H groups in total. The number of hydrogen-bond donors (Lipinski definition) is 2. The quantitative estimate of drug-likeness (QED) is 0.803. The van der Waals surface area contributed by atoms with E-state index < -0.39 is 0 Å². The van der Waals surface area contributed by atoms with Gasteiger partial charge in [-0.05, 0) is 19.1 Å². The Morgan fingerprint density at radius 1 is 1.55 bits per heavy atom. The first-order valence-corrected chi connectivity index (χ1v) is 6.84. The summed E-state index contributed by atoms with van der Waals surface area (Å²) in [5.41, 5.74) is 0.531. The molecule has 2 rings (SSSR count). The Morgan fingerprint density at radius 2 is 2.35 bits per heavy atom. The molecule has 0 bridgehead atoms. The summed E-state index contributed by atoms with van der Waals surface area (Å²) in [4.78, 5) is 13.0. The van der Waals surface area contributed by atoms with Gasteiger partial charge in [-0.1, -0.05) is 17.3 Å². The fourth-order valence-electron chi connectivity index (χ4n) is 1.58. The highest BCUT2D eigenvalue weighted by Crippen LogP contribution is 2.22. The molecule has 2 aromatic rings. The number of H-pyrrole nitrogens is 1. The molecule has 0 saturated heterocycles. The Balaban J connectivity index is 2.11. The van der Waals surface area contributed by atoms with Crippen molar-refractivity contribution >= 4 is 17.7 Å². The third kappa shape index (κ3) is 3.33. The minimum atomic E-state index is -0.352. The number of amides is 1. The average molecular weight is 288 g/mol. The lowest BCUT2D eigenvalue weighted by atomic mass is 10.2. The van der Waals surface area contributed by atoms with E-state index in [2.05, 4.69) is 25.9 Å². The van der Waals surface area contributed by atoms with Gasteiger partial charge in [-0.25, -0.2) is 0 Å². The summed E-state index contributed by atoms with van der Waals surface area (Å²) in [5.74, 6) is 0.480. The Morgan fingerprint density at radius 3 is 3.05 bits per heavy atom. The van der Waals surface area contributed by atoms with E-state index in [4.69, 9.17) is 5.26 Å². The molecular weight excluding hydrogens is 276 g/mol. The van der Waals surface area contributed by atoms with Crippen molar-refractivity contribution in [1.82, 2.24) is 25.9 Å². The number of thioether (sulfide) groups is 1. The van der Waals surface area contributed by atoms with E-state index in [0.717, 1.165) is 4.90 Å². The highest BCUT2D eigenvalue weighted by Gasteiger charge is 2.17. The normalized spacial score (nSPS) is 11.6. The molecule has 1 unspecified atom stereocenters. The first kappa shape index (κ1) is 14.0. The topological polar surface area (TPSA) is 107 Å². The Hall–Kier alpha value is -2.40. The Bertz CT molecular complexity index is 621. The standard InChI is InChI=1S/C12H12N6OS/c1-8(11-15-17-18-16-11)14-12(19)9-4-2-3-5-10(9)20-7-6-13/h2-5,8H,7H2,1H3,(H,14,19)(H,15,16,17,18). The van der Waals surface area contributed by atoms with Gasteiger partial charge in [0, 0.05) is 4.90 Å². The second-order valence-corrected chi connectivity index (χ2v) is 4.93. The van der Waals surface area contributed by atoms with Crippen molar-refractivity contribution in [2.45, 2.75) is 17.9 Å². The van der Waals surface area contributed by atoms with Crippen molar-refractivity contribution in [3.05, 3.63) is 35.7 Å². The minimum Gasteiger partial charge on any atom is -0.342 e. The summed E-state index contributed by atoms with van der Waals surface area (Å²) in [6, 6.07) is 8.84. The van der Waals surface area contributed by atoms with Crippen LogP contribution in [0.4, 0.5) is 0 Å². The van der Waals surface area contributed by atoms with Gasteiger partial charge in [0.25, 0.3) is 5.91 Å². The monoisotopic (exact) mass is 288 g/mol. The smallest absolute Gasteiger partial charge is 0.252 e. The second kappa shape index (κ2) is 6.68. The number of aromatic nitrogens is 4. The molecule has 20 heavy (non-hydrogen) atoms. The van der Waals surface area contributed by atoms with E-state index in [0.29, 0.717) is 17.1 Å². The molecule has 7 nitrogen and oxygen atoms in total. The molecule has 0 saturated carbocycles. The van der Waals surface area contributed by atoms with Gasteiger partial charge in [0.15, 0.2) is 5.82 Å². The first-order valence-electron chi connectivity index (χ1n) is 5.85. The Kier molecular flexibility index (Phi) is 4.68. The maximum atomic E-state index is 12.2. The van der Waals surface area contributed by atoms with E-state index in [1.165, 1.54) is 11.8 Å². The van der Waals surface area contributed by atoms with Crippen LogP contribution in [-0.4, -0.2) is 32.3 Å². The third-order valence-electron chi connectivity index (χ3n) is 2.52. The number of nitriles is 1. The lowest BCUT2D eigenvalue weighted by molar-refractivity contribution is 0.0935. The molecular formula is C12H12N6OS. The number of benzene rings is 1. The molecule has 0 spiro atoms. The summed E-state index contributed by atoms with van der Waals surface area (Å²) in [6.45, 7) is 1.77. The van der Waals surface area contributed by atoms with Crippen LogP contribution in [0.3, 0.4) is 0 Å². The van der Waals surface area contributed by atoms with Crippen molar-refractivity contribution in [1.29, 1.82) is 5.26 Å². The average Bonchev–Trinajstić information content (AvgIpc) is 2.99. The van der Waals surface area contributed by atoms with Gasteiger partial charge >= 0.3 is 0 Å². The zero-order chi connectivity index (χ0) is 14.4. The van der Waals surface area contributed by atoms with Gasteiger partial charge in [-0.3, -0.25) is 4.79 Å². The molecule has 1 amide bonds. The summed E-state index contributed by atoms with van der Waals surface area (Å²) in [7, 11) is 0. The van der Waals surface area contributed by atoms with Crippen LogP contribution in [0.5, 0.6) is 0 Å². The molecule has 0 radical (unpaired) electrons. The number of aromatic amines is 1. The highest BCUT2D eigenvalue weighted by atomic mass is 32.2. The fraction of sp³-hybridized carbons (Fsp3) is 0.250. The van der Waals surface area contributed by atoms with Crippen LogP contribution >= 0.6 is 11.8 Å². The number of rotatable bonds is 5. The number of nitrogens with zero attached hydrogens (tertiary/aromatic N) is 4. The van der Waals surface area contributed by atoms with Crippen molar-refractivity contribution in [2.75, 3.05) is 5.75 Å². The van der Waals surface area contributed by atoms with Crippen molar-refractivity contribution in [2.24, 2.45) is 0 Å². The van der Waals surface area contributed by atoms with Crippen LogP contribution in [0.1, 0.15) is 29.1 Å². The Labute approximate surface area is 119 Å². The van der Waals surface area contributed by atoms with E-state index in [9.17, 15) is 4.79 Å². The third-order valence-corrected chi connectivity index (χ3v) is 3.46. The molecule has 1 atom stereocenters. The largest absolute Gasteiger partial charge is 0.342 e. The summed E-state index contributed by atoms with van der Waals surface area (Å²) in [6.07, 6.45) is 0. The van der Waals surface area contributed by atoms with E-state index in [-0.39, 0.29) is 11.9 Å². The maximum Gasteiger partial charge on any atom is 0.252 e. The van der Waals surface area contributed by atoms with Crippen LogP contribution < -0.4 is 5.32 Å². The van der Waals surface area contributed by atoms with Crippen molar-refractivity contribution < 1.29 is 4.79 Å². The van der Waals surface area contributed by atoms with Gasteiger partial charge in [-0.2, -0.15) is 10.5 Å². The molecule has 1 aromatic carbocycles. The second-order valence-electron chi connectivity index (χ2n) is 3.91. The maximum absolute atomic E-state index is 12.2.